The molecular formula is C25H26N6O. The average molecular weight is 427 g/mol. The fraction of sp³-hybridized carbons (Fsp3) is 0.240. The monoisotopic (exact) mass is 426 g/mol. The van der Waals surface area contributed by atoms with Crippen molar-refractivity contribution in [1.82, 2.24) is 19.9 Å². The van der Waals surface area contributed by atoms with Crippen LogP contribution in [0.4, 0.5) is 11.6 Å². The molecule has 1 fully saturated rings. The summed E-state index contributed by atoms with van der Waals surface area (Å²) in [5, 5.41) is 7.51. The van der Waals surface area contributed by atoms with Gasteiger partial charge in [-0.25, -0.2) is 4.98 Å². The van der Waals surface area contributed by atoms with Crippen LogP contribution in [0, 0.1) is 5.92 Å². The van der Waals surface area contributed by atoms with Gasteiger partial charge in [0.25, 0.3) is 5.91 Å². The molecule has 1 saturated heterocycles. The lowest BCUT2D eigenvalue weighted by Crippen LogP contribution is -2.28. The minimum Gasteiger partial charge on any atom is -0.366 e. The van der Waals surface area contributed by atoms with Gasteiger partial charge in [0.1, 0.15) is 5.82 Å². The van der Waals surface area contributed by atoms with E-state index in [1.54, 1.807) is 12.4 Å². The third-order valence-corrected chi connectivity index (χ3v) is 6.06. The molecular weight excluding hydrogens is 400 g/mol. The average Bonchev–Trinajstić information content (AvgIpc) is 3.22. The van der Waals surface area contributed by atoms with E-state index in [2.05, 4.69) is 44.9 Å². The molecule has 2 aromatic carbocycles. The Bertz CT molecular complexity index is 1240. The molecule has 4 aromatic rings. The standard InChI is InChI=1S/C25H26N6O/c26-24(32)21-16-31(22-4-2-1-3-20(21)22)23-11-14-28-25(30-23)29-19-7-5-17(6-8-19)15-18-9-12-27-13-10-18/h1-8,11,14,16,18,27H,9-10,12-13,15H2,(H2,26,32)(H,28,29,30). The third kappa shape index (κ3) is 4.20. The smallest absolute Gasteiger partial charge is 0.250 e. The van der Waals surface area contributed by atoms with Gasteiger partial charge in [0.05, 0.1) is 11.1 Å². The number of aromatic nitrogens is 3. The number of carbonyl (C=O) groups is 1. The second-order valence-corrected chi connectivity index (χ2v) is 8.25. The van der Waals surface area contributed by atoms with E-state index in [0.717, 1.165) is 42.0 Å². The Morgan fingerprint density at radius 1 is 1.09 bits per heavy atom. The normalized spacial score (nSPS) is 14.5. The highest BCUT2D eigenvalue weighted by Gasteiger charge is 2.15. The first-order valence-corrected chi connectivity index (χ1v) is 11.0. The Balaban J connectivity index is 1.36. The first-order chi connectivity index (χ1) is 15.7. The van der Waals surface area contributed by atoms with Gasteiger partial charge in [-0.1, -0.05) is 30.3 Å². The predicted molar refractivity (Wildman–Crippen MR) is 126 cm³/mol. The summed E-state index contributed by atoms with van der Waals surface area (Å²) in [6.07, 6.45) is 7.04. The zero-order chi connectivity index (χ0) is 21.9. The second-order valence-electron chi connectivity index (χ2n) is 8.25. The van der Waals surface area contributed by atoms with Crippen molar-refractivity contribution >= 4 is 28.4 Å². The number of hydrogen-bond donors (Lipinski definition) is 3. The van der Waals surface area contributed by atoms with Crippen LogP contribution >= 0.6 is 0 Å². The molecule has 1 aliphatic heterocycles. The summed E-state index contributed by atoms with van der Waals surface area (Å²) < 4.78 is 1.87. The molecule has 0 aliphatic carbocycles. The van der Waals surface area contributed by atoms with E-state index in [1.807, 2.05) is 34.9 Å². The zero-order valence-electron chi connectivity index (χ0n) is 17.8. The van der Waals surface area contributed by atoms with Crippen molar-refractivity contribution in [3.05, 3.63) is 78.1 Å². The molecule has 162 valence electrons. The number of para-hydroxylation sites is 1. The third-order valence-electron chi connectivity index (χ3n) is 6.06. The molecule has 1 aliphatic rings. The predicted octanol–water partition coefficient (Wildman–Crippen LogP) is 3.81. The number of fused-ring (bicyclic) bond motifs is 1. The summed E-state index contributed by atoms with van der Waals surface area (Å²) in [6.45, 7) is 2.24. The van der Waals surface area contributed by atoms with Crippen LogP contribution in [-0.2, 0) is 6.42 Å². The van der Waals surface area contributed by atoms with Gasteiger partial charge in [0.2, 0.25) is 5.95 Å². The molecule has 0 atom stereocenters. The molecule has 7 nitrogen and oxygen atoms in total. The van der Waals surface area contributed by atoms with Crippen molar-refractivity contribution < 1.29 is 4.79 Å². The fourth-order valence-electron chi connectivity index (χ4n) is 4.38. The lowest BCUT2D eigenvalue weighted by molar-refractivity contribution is 0.100. The lowest BCUT2D eigenvalue weighted by atomic mass is 9.91. The van der Waals surface area contributed by atoms with Crippen LogP contribution in [0.2, 0.25) is 0 Å². The molecule has 5 rings (SSSR count). The van der Waals surface area contributed by atoms with Crippen LogP contribution in [0.1, 0.15) is 28.8 Å². The number of piperidine rings is 1. The van der Waals surface area contributed by atoms with Gasteiger partial charge in [-0.3, -0.25) is 4.79 Å². The Morgan fingerprint density at radius 2 is 1.88 bits per heavy atom. The summed E-state index contributed by atoms with van der Waals surface area (Å²) in [5.74, 6) is 1.45. The summed E-state index contributed by atoms with van der Waals surface area (Å²) in [7, 11) is 0. The van der Waals surface area contributed by atoms with E-state index in [1.165, 1.54) is 18.4 Å². The Hall–Kier alpha value is -3.71. The van der Waals surface area contributed by atoms with Crippen LogP contribution in [0.3, 0.4) is 0 Å². The maximum Gasteiger partial charge on any atom is 0.250 e. The molecule has 4 N–H and O–H groups in total. The summed E-state index contributed by atoms with van der Waals surface area (Å²) in [6, 6.07) is 17.9. The van der Waals surface area contributed by atoms with Crippen LogP contribution in [0.25, 0.3) is 16.7 Å². The number of rotatable bonds is 6. The van der Waals surface area contributed by atoms with E-state index < -0.39 is 5.91 Å². The van der Waals surface area contributed by atoms with Gasteiger partial charge in [0, 0.05) is 23.5 Å². The van der Waals surface area contributed by atoms with Gasteiger partial charge >= 0.3 is 0 Å². The Kier molecular flexibility index (Phi) is 5.56. The molecule has 7 heteroatoms. The van der Waals surface area contributed by atoms with E-state index in [4.69, 9.17) is 5.73 Å². The van der Waals surface area contributed by atoms with Gasteiger partial charge in [-0.2, -0.15) is 4.98 Å². The maximum absolute atomic E-state index is 11.9. The van der Waals surface area contributed by atoms with Crippen LogP contribution in [0.5, 0.6) is 0 Å². The van der Waals surface area contributed by atoms with Gasteiger partial charge in [-0.05, 0) is 68.1 Å². The number of amides is 1. The number of nitrogens with two attached hydrogens (primary N) is 1. The van der Waals surface area contributed by atoms with E-state index in [9.17, 15) is 4.79 Å². The molecule has 3 heterocycles. The van der Waals surface area contributed by atoms with Crippen molar-refractivity contribution in [2.24, 2.45) is 11.7 Å². The van der Waals surface area contributed by atoms with Crippen molar-refractivity contribution in [2.45, 2.75) is 19.3 Å². The molecule has 32 heavy (non-hydrogen) atoms. The summed E-state index contributed by atoms with van der Waals surface area (Å²) in [4.78, 5) is 20.9. The van der Waals surface area contributed by atoms with Crippen LogP contribution in [-0.4, -0.2) is 33.5 Å². The molecule has 0 bridgehead atoms. The van der Waals surface area contributed by atoms with E-state index in [-0.39, 0.29) is 0 Å². The molecule has 0 unspecified atom stereocenters. The van der Waals surface area contributed by atoms with Crippen LogP contribution < -0.4 is 16.4 Å². The highest BCUT2D eigenvalue weighted by molar-refractivity contribution is 6.06. The van der Waals surface area contributed by atoms with Crippen molar-refractivity contribution in [3.8, 4) is 5.82 Å². The molecule has 0 saturated carbocycles. The van der Waals surface area contributed by atoms with Gasteiger partial charge in [0.15, 0.2) is 0 Å². The quantitative estimate of drug-likeness (QED) is 0.436. The number of primary amides is 1. The number of anilines is 2. The first kappa shape index (κ1) is 20.2. The number of nitrogens with zero attached hydrogens (tertiary/aromatic N) is 3. The zero-order valence-corrected chi connectivity index (χ0v) is 17.8. The summed E-state index contributed by atoms with van der Waals surface area (Å²) in [5.41, 5.74) is 9.21. The number of hydrogen-bond acceptors (Lipinski definition) is 5. The molecule has 0 spiro atoms. The molecule has 2 aromatic heterocycles. The van der Waals surface area contributed by atoms with Crippen molar-refractivity contribution in [2.75, 3.05) is 18.4 Å². The highest BCUT2D eigenvalue weighted by Crippen LogP contribution is 2.25. The van der Waals surface area contributed by atoms with Crippen LogP contribution in [0.15, 0.2) is 67.0 Å². The number of benzene rings is 2. The van der Waals surface area contributed by atoms with Gasteiger partial charge in [-0.15, -0.1) is 0 Å². The fourth-order valence-corrected chi connectivity index (χ4v) is 4.38. The second kappa shape index (κ2) is 8.80. The number of nitrogens with one attached hydrogen (secondary N) is 2. The van der Waals surface area contributed by atoms with Gasteiger partial charge < -0.3 is 20.9 Å². The minimum absolute atomic E-state index is 0.461. The lowest BCUT2D eigenvalue weighted by Gasteiger charge is -2.22. The van der Waals surface area contributed by atoms with Crippen molar-refractivity contribution in [1.29, 1.82) is 0 Å². The Morgan fingerprint density at radius 3 is 2.66 bits per heavy atom. The van der Waals surface area contributed by atoms with E-state index in [0.29, 0.717) is 17.3 Å². The number of carbonyl (C=O) groups excluding carboxylic acids is 1. The first-order valence-electron chi connectivity index (χ1n) is 11.0. The molecule has 0 radical (unpaired) electrons. The molecule has 1 amide bonds. The SMILES string of the molecule is NC(=O)c1cn(-c2ccnc(Nc3ccc(CC4CCNCC4)cc3)n2)c2ccccc12. The minimum atomic E-state index is -0.461. The highest BCUT2D eigenvalue weighted by atomic mass is 16.1. The topological polar surface area (TPSA) is 97.9 Å². The van der Waals surface area contributed by atoms with E-state index >= 15 is 0 Å². The Labute approximate surface area is 186 Å². The summed E-state index contributed by atoms with van der Waals surface area (Å²) >= 11 is 0. The van der Waals surface area contributed by atoms with Crippen molar-refractivity contribution in [3.63, 3.8) is 0 Å². The largest absolute Gasteiger partial charge is 0.366 e. The maximum atomic E-state index is 11.9.